The van der Waals surface area contributed by atoms with Crippen LogP contribution in [0.4, 0.5) is 0 Å². The molecule has 0 spiro atoms. The average Bonchev–Trinajstić information content (AvgIpc) is 3.20. The Balaban J connectivity index is 1.42. The molecule has 122 valence electrons. The maximum absolute atomic E-state index is 6.06. The molecule has 1 atom stereocenters. The maximum atomic E-state index is 6.06. The Hall–Kier alpha value is -1.01. The number of hydrogen-bond donors (Lipinski definition) is 1. The number of aromatic amines is 1. The van der Waals surface area contributed by atoms with Gasteiger partial charge in [0.25, 0.3) is 0 Å². The van der Waals surface area contributed by atoms with Gasteiger partial charge in [0.1, 0.15) is 5.04 Å². The van der Waals surface area contributed by atoms with E-state index in [-0.39, 0.29) is 0 Å². The number of morpholine rings is 1. The normalized spacial score (nSPS) is 22.7. The van der Waals surface area contributed by atoms with Gasteiger partial charge in [0.05, 0.1) is 24.9 Å². The minimum absolute atomic E-state index is 0.424. The lowest BCUT2D eigenvalue weighted by Gasteiger charge is -2.26. The average molecular weight is 350 g/mol. The zero-order valence-electron chi connectivity index (χ0n) is 12.9. The van der Waals surface area contributed by atoms with E-state index in [2.05, 4.69) is 16.0 Å². The van der Waals surface area contributed by atoms with Gasteiger partial charge in [-0.15, -0.1) is 11.8 Å². The Morgan fingerprint density at radius 3 is 3.04 bits per heavy atom. The number of H-pyrrole nitrogens is 1. The second-order valence-electron chi connectivity index (χ2n) is 6.06. The van der Waals surface area contributed by atoms with Gasteiger partial charge in [0.2, 0.25) is 0 Å². The van der Waals surface area contributed by atoms with E-state index in [0.717, 1.165) is 71.7 Å². The van der Waals surface area contributed by atoms with E-state index in [4.69, 9.17) is 21.3 Å². The highest BCUT2D eigenvalue weighted by atomic mass is 35.5. The molecule has 2 aromatic rings. The van der Waals surface area contributed by atoms with E-state index in [1.54, 1.807) is 0 Å². The van der Waals surface area contributed by atoms with Crippen molar-refractivity contribution in [1.29, 1.82) is 0 Å². The summed E-state index contributed by atoms with van der Waals surface area (Å²) in [5.74, 6) is 1.08. The van der Waals surface area contributed by atoms with Crippen molar-refractivity contribution < 1.29 is 4.74 Å². The smallest absolute Gasteiger partial charge is 0.114 e. The molecule has 0 amide bonds. The van der Waals surface area contributed by atoms with E-state index in [9.17, 15) is 0 Å². The van der Waals surface area contributed by atoms with Gasteiger partial charge in [-0.25, -0.2) is 0 Å². The first kappa shape index (κ1) is 15.5. The van der Waals surface area contributed by atoms with Gasteiger partial charge in [-0.2, -0.15) is 0 Å². The fourth-order valence-electron chi connectivity index (χ4n) is 3.09. The van der Waals surface area contributed by atoms with E-state index in [1.807, 2.05) is 30.0 Å². The minimum atomic E-state index is 0.424. The zero-order valence-corrected chi connectivity index (χ0v) is 14.5. The quantitative estimate of drug-likeness (QED) is 0.919. The zero-order chi connectivity index (χ0) is 15.6. The summed E-state index contributed by atoms with van der Waals surface area (Å²) in [5, 5.41) is 3.05. The Labute approximate surface area is 145 Å². The predicted octanol–water partition coefficient (Wildman–Crippen LogP) is 3.41. The van der Waals surface area contributed by atoms with Crippen LogP contribution >= 0.6 is 23.4 Å². The molecular formula is C17H20ClN3OS. The molecule has 0 radical (unpaired) electrons. The van der Waals surface area contributed by atoms with Crippen LogP contribution in [0, 0.1) is 0 Å². The fourth-order valence-corrected chi connectivity index (χ4v) is 4.35. The fraction of sp³-hybridized carbons (Fsp3) is 0.471. The number of rotatable bonds is 4. The van der Waals surface area contributed by atoms with E-state index >= 15 is 0 Å². The predicted molar refractivity (Wildman–Crippen MR) is 98.0 cm³/mol. The molecule has 4 nitrogen and oxygen atoms in total. The van der Waals surface area contributed by atoms with Crippen LogP contribution in [0.1, 0.15) is 12.1 Å². The Bertz CT molecular complexity index is 724. The lowest BCUT2D eigenvalue weighted by molar-refractivity contribution is 0.0369. The lowest BCUT2D eigenvalue weighted by atomic mass is 10.2. The van der Waals surface area contributed by atoms with Crippen molar-refractivity contribution in [2.45, 2.75) is 12.5 Å². The van der Waals surface area contributed by atoms with E-state index in [1.165, 1.54) is 0 Å². The second kappa shape index (κ2) is 6.85. The Morgan fingerprint density at radius 2 is 2.17 bits per heavy atom. The van der Waals surface area contributed by atoms with Crippen LogP contribution in [0.25, 0.3) is 10.9 Å². The third kappa shape index (κ3) is 3.58. The van der Waals surface area contributed by atoms with Gasteiger partial charge < -0.3 is 9.72 Å². The molecule has 1 N–H and O–H groups in total. The molecule has 2 aliphatic rings. The minimum Gasteiger partial charge on any atom is -0.379 e. The molecule has 1 aromatic carbocycles. The number of aromatic nitrogens is 1. The number of thioether (sulfide) groups is 1. The van der Waals surface area contributed by atoms with Gasteiger partial charge >= 0.3 is 0 Å². The number of ether oxygens (including phenoxy) is 1. The molecule has 0 saturated carbocycles. The summed E-state index contributed by atoms with van der Waals surface area (Å²) in [7, 11) is 0. The van der Waals surface area contributed by atoms with Crippen molar-refractivity contribution in [3.63, 3.8) is 0 Å². The molecule has 0 aliphatic carbocycles. The standard InChI is InChI=1S/C17H20ClN3OS/c18-13-1-2-15-12(9-13)10-16(20-15)17-19-14(11-23-17)3-4-21-5-7-22-8-6-21/h1-2,9-10,14,20H,3-8,11H2/t14-/m0/s1. The van der Waals surface area contributed by atoms with Crippen molar-refractivity contribution in [3.8, 4) is 0 Å². The Kier molecular flexibility index (Phi) is 4.62. The first-order valence-corrected chi connectivity index (χ1v) is 9.44. The largest absolute Gasteiger partial charge is 0.379 e. The van der Waals surface area contributed by atoms with Crippen LogP contribution in [-0.4, -0.2) is 59.6 Å². The first-order valence-electron chi connectivity index (χ1n) is 8.07. The molecule has 4 rings (SSSR count). The summed E-state index contributed by atoms with van der Waals surface area (Å²) >= 11 is 7.92. The molecule has 1 saturated heterocycles. The highest BCUT2D eigenvalue weighted by Crippen LogP contribution is 2.28. The number of hydrogen-bond acceptors (Lipinski definition) is 4. The van der Waals surface area contributed by atoms with Gasteiger partial charge in [-0.3, -0.25) is 9.89 Å². The molecule has 1 aromatic heterocycles. The first-order chi connectivity index (χ1) is 11.3. The monoisotopic (exact) mass is 349 g/mol. The topological polar surface area (TPSA) is 40.6 Å². The number of benzene rings is 1. The van der Waals surface area contributed by atoms with Crippen molar-refractivity contribution >= 4 is 39.3 Å². The van der Waals surface area contributed by atoms with Gasteiger partial charge in [-0.05, 0) is 30.7 Å². The number of nitrogens with zero attached hydrogens (tertiary/aromatic N) is 2. The third-order valence-corrected chi connectivity index (χ3v) is 5.79. The van der Waals surface area contributed by atoms with Crippen LogP contribution in [-0.2, 0) is 4.74 Å². The van der Waals surface area contributed by atoms with Crippen LogP contribution in [0.3, 0.4) is 0 Å². The van der Waals surface area contributed by atoms with Gasteiger partial charge in [0.15, 0.2) is 0 Å². The SMILES string of the molecule is Clc1ccc2[nH]c(C3=N[C@@H](CCN4CCOCC4)CS3)cc2c1. The van der Waals surface area contributed by atoms with E-state index in [0.29, 0.717) is 6.04 Å². The molecule has 6 heteroatoms. The lowest BCUT2D eigenvalue weighted by Crippen LogP contribution is -2.37. The summed E-state index contributed by atoms with van der Waals surface area (Å²) in [5.41, 5.74) is 2.23. The molecular weight excluding hydrogens is 330 g/mol. The molecule has 23 heavy (non-hydrogen) atoms. The highest BCUT2D eigenvalue weighted by molar-refractivity contribution is 8.14. The summed E-state index contributed by atoms with van der Waals surface area (Å²) in [4.78, 5) is 10.9. The summed E-state index contributed by atoms with van der Waals surface area (Å²) in [6.07, 6.45) is 1.13. The van der Waals surface area contributed by atoms with Crippen molar-refractivity contribution in [3.05, 3.63) is 35.0 Å². The van der Waals surface area contributed by atoms with Crippen LogP contribution in [0.2, 0.25) is 5.02 Å². The van der Waals surface area contributed by atoms with Crippen molar-refractivity contribution in [2.75, 3.05) is 38.6 Å². The third-order valence-electron chi connectivity index (χ3n) is 4.41. The number of nitrogens with one attached hydrogen (secondary N) is 1. The van der Waals surface area contributed by atoms with Gasteiger partial charge in [-0.1, -0.05) is 11.6 Å². The number of halogens is 1. The molecule has 0 unspecified atom stereocenters. The summed E-state index contributed by atoms with van der Waals surface area (Å²) in [6, 6.07) is 8.51. The van der Waals surface area contributed by atoms with Crippen LogP contribution < -0.4 is 0 Å². The van der Waals surface area contributed by atoms with Crippen LogP contribution in [0.5, 0.6) is 0 Å². The Morgan fingerprint density at radius 1 is 1.30 bits per heavy atom. The van der Waals surface area contributed by atoms with E-state index < -0.39 is 0 Å². The second-order valence-corrected chi connectivity index (χ2v) is 7.50. The molecule has 2 aliphatic heterocycles. The van der Waals surface area contributed by atoms with Crippen LogP contribution in [0.15, 0.2) is 29.3 Å². The maximum Gasteiger partial charge on any atom is 0.114 e. The molecule has 0 bridgehead atoms. The van der Waals surface area contributed by atoms with Crippen molar-refractivity contribution in [2.24, 2.45) is 4.99 Å². The molecule has 3 heterocycles. The number of fused-ring (bicyclic) bond motifs is 1. The number of aliphatic imine (C=N–C) groups is 1. The van der Waals surface area contributed by atoms with Crippen molar-refractivity contribution in [1.82, 2.24) is 9.88 Å². The summed E-state index contributed by atoms with van der Waals surface area (Å²) < 4.78 is 5.40. The van der Waals surface area contributed by atoms with Gasteiger partial charge in [0, 0.05) is 41.3 Å². The highest BCUT2D eigenvalue weighted by Gasteiger charge is 2.22. The summed E-state index contributed by atoms with van der Waals surface area (Å²) in [6.45, 7) is 4.96. The molecule has 1 fully saturated rings.